The van der Waals surface area contributed by atoms with Crippen LogP contribution in [-0.4, -0.2) is 53.4 Å². The number of carbonyl (C=O) groups is 1. The second kappa shape index (κ2) is 7.91. The molecule has 2 aromatic rings. The molecular formula is C18H20F3N5O3. The lowest BCUT2D eigenvalue weighted by Gasteiger charge is -2.35. The maximum Gasteiger partial charge on any atom is 0.322 e. The minimum atomic E-state index is -1.58. The average Bonchev–Trinajstić information content (AvgIpc) is 2.90. The van der Waals surface area contributed by atoms with Crippen molar-refractivity contribution in [2.24, 2.45) is 0 Å². The monoisotopic (exact) mass is 411 g/mol. The summed E-state index contributed by atoms with van der Waals surface area (Å²) in [4.78, 5) is 16.3. The van der Waals surface area contributed by atoms with Crippen LogP contribution in [-0.2, 0) is 22.6 Å². The van der Waals surface area contributed by atoms with Gasteiger partial charge in [0.25, 0.3) is 0 Å². The van der Waals surface area contributed by atoms with E-state index in [9.17, 15) is 18.0 Å². The molecule has 2 amide bonds. The number of amides is 2. The molecule has 29 heavy (non-hydrogen) atoms. The first-order valence-corrected chi connectivity index (χ1v) is 9.11. The van der Waals surface area contributed by atoms with Gasteiger partial charge >= 0.3 is 6.03 Å². The van der Waals surface area contributed by atoms with Crippen LogP contribution in [0.3, 0.4) is 0 Å². The standard InChI is InChI=1S/C18H20F3N5O3/c1-11-7-26-16(15(6-22-26)24-2-3-28-10-29-9-24)8-25(11)18(27)23-12-4-13(19)17(21)14(20)5-12/h4-6,11H,2-3,7-10H2,1H3,(H,23,27)/t11-/m0/s1. The van der Waals surface area contributed by atoms with Crippen LogP contribution < -0.4 is 10.2 Å². The second-order valence-corrected chi connectivity index (χ2v) is 6.94. The van der Waals surface area contributed by atoms with Crippen LogP contribution in [0.15, 0.2) is 18.3 Å². The largest absolute Gasteiger partial charge is 0.353 e. The van der Waals surface area contributed by atoms with Crippen molar-refractivity contribution in [2.75, 3.05) is 36.9 Å². The third kappa shape index (κ3) is 3.87. The van der Waals surface area contributed by atoms with E-state index in [4.69, 9.17) is 9.47 Å². The Morgan fingerprint density at radius 3 is 2.76 bits per heavy atom. The molecule has 156 valence electrons. The summed E-state index contributed by atoms with van der Waals surface area (Å²) in [6.07, 6.45) is 1.73. The molecule has 0 radical (unpaired) electrons. The number of nitrogens with zero attached hydrogens (tertiary/aromatic N) is 4. The van der Waals surface area contributed by atoms with Crippen molar-refractivity contribution < 1.29 is 27.4 Å². The second-order valence-electron chi connectivity index (χ2n) is 6.94. The molecule has 11 heteroatoms. The highest BCUT2D eigenvalue weighted by atomic mass is 19.2. The number of benzene rings is 1. The first kappa shape index (κ1) is 19.5. The maximum absolute atomic E-state index is 13.4. The molecule has 2 aliphatic rings. The number of rotatable bonds is 2. The molecule has 1 aromatic carbocycles. The number of aromatic nitrogens is 2. The zero-order chi connectivity index (χ0) is 20.5. The summed E-state index contributed by atoms with van der Waals surface area (Å²) in [5.74, 6) is -4.31. The summed E-state index contributed by atoms with van der Waals surface area (Å²) in [6, 6.07) is 0.732. The molecule has 0 aliphatic carbocycles. The highest BCUT2D eigenvalue weighted by Gasteiger charge is 2.31. The Morgan fingerprint density at radius 1 is 1.24 bits per heavy atom. The van der Waals surface area contributed by atoms with Crippen LogP contribution in [0.25, 0.3) is 0 Å². The van der Waals surface area contributed by atoms with Crippen molar-refractivity contribution in [1.82, 2.24) is 14.7 Å². The first-order valence-electron chi connectivity index (χ1n) is 9.11. The van der Waals surface area contributed by atoms with Crippen molar-refractivity contribution >= 4 is 17.4 Å². The van der Waals surface area contributed by atoms with Crippen LogP contribution in [0.4, 0.5) is 29.3 Å². The highest BCUT2D eigenvalue weighted by molar-refractivity contribution is 5.89. The number of anilines is 2. The quantitative estimate of drug-likeness (QED) is 0.769. The molecule has 2 aliphatic heterocycles. The molecule has 1 aromatic heterocycles. The van der Waals surface area contributed by atoms with E-state index in [-0.39, 0.29) is 25.1 Å². The van der Waals surface area contributed by atoms with E-state index in [0.29, 0.717) is 26.4 Å². The Labute approximate surface area is 164 Å². The molecule has 1 atom stereocenters. The van der Waals surface area contributed by atoms with E-state index in [0.717, 1.165) is 23.5 Å². The minimum Gasteiger partial charge on any atom is -0.353 e. The average molecular weight is 411 g/mol. The number of carbonyl (C=O) groups excluding carboxylic acids is 1. The van der Waals surface area contributed by atoms with Crippen LogP contribution in [0.5, 0.6) is 0 Å². The fraction of sp³-hybridized carbons (Fsp3) is 0.444. The number of hydrogen-bond donors (Lipinski definition) is 1. The van der Waals surface area contributed by atoms with Crippen LogP contribution in [0.1, 0.15) is 12.6 Å². The van der Waals surface area contributed by atoms with E-state index < -0.39 is 23.5 Å². The van der Waals surface area contributed by atoms with Gasteiger partial charge in [0.05, 0.1) is 43.3 Å². The summed E-state index contributed by atoms with van der Waals surface area (Å²) >= 11 is 0. The molecule has 0 spiro atoms. The molecule has 0 bridgehead atoms. The van der Waals surface area contributed by atoms with Gasteiger partial charge in [-0.05, 0) is 6.92 Å². The highest BCUT2D eigenvalue weighted by Crippen LogP contribution is 2.28. The van der Waals surface area contributed by atoms with Gasteiger partial charge in [0.1, 0.15) is 13.5 Å². The van der Waals surface area contributed by atoms with Gasteiger partial charge in [0, 0.05) is 24.4 Å². The summed E-state index contributed by atoms with van der Waals surface area (Å²) < 4.78 is 52.5. The van der Waals surface area contributed by atoms with E-state index in [1.54, 1.807) is 6.20 Å². The van der Waals surface area contributed by atoms with Gasteiger partial charge in [0.15, 0.2) is 17.5 Å². The number of nitrogens with one attached hydrogen (secondary N) is 1. The molecule has 0 unspecified atom stereocenters. The fourth-order valence-electron chi connectivity index (χ4n) is 3.44. The van der Waals surface area contributed by atoms with Gasteiger partial charge in [-0.2, -0.15) is 5.10 Å². The van der Waals surface area contributed by atoms with Gasteiger partial charge in [-0.15, -0.1) is 0 Å². The zero-order valence-corrected chi connectivity index (χ0v) is 15.7. The molecule has 1 fully saturated rings. The summed E-state index contributed by atoms with van der Waals surface area (Å²) in [5, 5.41) is 6.84. The number of hydrogen-bond acceptors (Lipinski definition) is 5. The first-order chi connectivity index (χ1) is 13.9. The lowest BCUT2D eigenvalue weighted by atomic mass is 10.2. The van der Waals surface area contributed by atoms with Crippen molar-refractivity contribution in [2.45, 2.75) is 26.1 Å². The molecule has 1 N–H and O–H groups in total. The number of halogens is 3. The Hall–Kier alpha value is -2.79. The van der Waals surface area contributed by atoms with Crippen molar-refractivity contribution in [3.05, 3.63) is 41.5 Å². The van der Waals surface area contributed by atoms with Crippen molar-refractivity contribution in [3.8, 4) is 0 Å². The Balaban J connectivity index is 1.53. The van der Waals surface area contributed by atoms with Gasteiger partial charge in [-0.1, -0.05) is 0 Å². The lowest BCUT2D eigenvalue weighted by Crippen LogP contribution is -2.47. The third-order valence-electron chi connectivity index (χ3n) is 4.97. The number of fused-ring (bicyclic) bond motifs is 1. The summed E-state index contributed by atoms with van der Waals surface area (Å²) in [5.41, 5.74) is 1.50. The van der Waals surface area contributed by atoms with Crippen LogP contribution >= 0.6 is 0 Å². The van der Waals surface area contributed by atoms with Crippen molar-refractivity contribution in [1.29, 1.82) is 0 Å². The predicted molar refractivity (Wildman–Crippen MR) is 96.7 cm³/mol. The van der Waals surface area contributed by atoms with E-state index in [1.807, 2.05) is 16.5 Å². The Bertz CT molecular complexity index is 891. The van der Waals surface area contributed by atoms with Gasteiger partial charge in [0.2, 0.25) is 0 Å². The summed E-state index contributed by atoms with van der Waals surface area (Å²) in [7, 11) is 0. The number of urea groups is 1. The molecule has 3 heterocycles. The predicted octanol–water partition coefficient (Wildman–Crippen LogP) is 2.50. The maximum atomic E-state index is 13.4. The molecule has 4 rings (SSSR count). The van der Waals surface area contributed by atoms with E-state index >= 15 is 0 Å². The zero-order valence-electron chi connectivity index (χ0n) is 15.7. The smallest absolute Gasteiger partial charge is 0.322 e. The minimum absolute atomic E-state index is 0.157. The fourth-order valence-corrected chi connectivity index (χ4v) is 3.44. The van der Waals surface area contributed by atoms with Crippen molar-refractivity contribution in [3.63, 3.8) is 0 Å². The topological polar surface area (TPSA) is 71.9 Å². The molecule has 8 nitrogen and oxygen atoms in total. The summed E-state index contributed by atoms with van der Waals surface area (Å²) in [6.45, 7) is 4.23. The van der Waals surface area contributed by atoms with E-state index in [2.05, 4.69) is 10.4 Å². The normalized spacial score (nSPS) is 19.7. The van der Waals surface area contributed by atoms with Crippen LogP contribution in [0, 0.1) is 17.5 Å². The molecular weight excluding hydrogens is 391 g/mol. The number of ether oxygens (including phenoxy) is 2. The van der Waals surface area contributed by atoms with E-state index in [1.165, 1.54) is 4.90 Å². The Morgan fingerprint density at radius 2 is 2.00 bits per heavy atom. The lowest BCUT2D eigenvalue weighted by molar-refractivity contribution is -0.0306. The molecule has 1 saturated heterocycles. The Kier molecular flexibility index (Phi) is 5.33. The van der Waals surface area contributed by atoms with Gasteiger partial charge in [-0.3, -0.25) is 4.68 Å². The van der Waals surface area contributed by atoms with Gasteiger partial charge in [-0.25, -0.2) is 18.0 Å². The SMILES string of the molecule is C[C@H]1Cn2ncc(N3CCOCOC3)c2CN1C(=O)Nc1cc(F)c(F)c(F)c1. The molecule has 0 saturated carbocycles. The van der Waals surface area contributed by atoms with Gasteiger partial charge < -0.3 is 24.6 Å². The van der Waals surface area contributed by atoms with Crippen LogP contribution in [0.2, 0.25) is 0 Å². The third-order valence-corrected chi connectivity index (χ3v) is 4.97.